The van der Waals surface area contributed by atoms with E-state index in [9.17, 15) is 8.60 Å². The average molecular weight is 211 g/mol. The van der Waals surface area contributed by atoms with Crippen molar-refractivity contribution in [3.8, 4) is 0 Å². The van der Waals surface area contributed by atoms with Gasteiger partial charge in [-0.25, -0.2) is 8.60 Å². The molecule has 1 heterocycles. The first kappa shape index (κ1) is 9.23. The molecule has 2 rings (SSSR count). The SMILES string of the molecule is O=S(O)c1cccc2cncc(F)c12. The molecule has 0 bridgehead atoms. The molecule has 0 saturated heterocycles. The number of halogens is 1. The summed E-state index contributed by atoms with van der Waals surface area (Å²) < 4.78 is 33.1. The number of pyridine rings is 1. The van der Waals surface area contributed by atoms with Crippen molar-refractivity contribution in [1.82, 2.24) is 4.98 Å². The Morgan fingerprint density at radius 2 is 2.14 bits per heavy atom. The molecular formula is C9H6FNO2S. The summed E-state index contributed by atoms with van der Waals surface area (Å²) in [4.78, 5) is 3.73. The molecule has 1 aromatic heterocycles. The summed E-state index contributed by atoms with van der Waals surface area (Å²) in [6, 6.07) is 4.65. The highest BCUT2D eigenvalue weighted by atomic mass is 32.2. The van der Waals surface area contributed by atoms with Gasteiger partial charge in [-0.2, -0.15) is 0 Å². The smallest absolute Gasteiger partial charge is 0.187 e. The summed E-state index contributed by atoms with van der Waals surface area (Å²) in [5.74, 6) is -0.583. The Morgan fingerprint density at radius 1 is 1.36 bits per heavy atom. The van der Waals surface area contributed by atoms with E-state index < -0.39 is 16.9 Å². The lowest BCUT2D eigenvalue weighted by Gasteiger charge is -2.02. The summed E-state index contributed by atoms with van der Waals surface area (Å²) in [6.07, 6.45) is 2.48. The number of hydrogen-bond acceptors (Lipinski definition) is 2. The van der Waals surface area contributed by atoms with Gasteiger partial charge in [0.1, 0.15) is 0 Å². The minimum Gasteiger partial charge on any atom is -0.302 e. The van der Waals surface area contributed by atoms with Gasteiger partial charge < -0.3 is 4.55 Å². The monoisotopic (exact) mass is 211 g/mol. The average Bonchev–Trinajstić information content (AvgIpc) is 2.17. The predicted octanol–water partition coefficient (Wildman–Crippen LogP) is 1.95. The molecule has 14 heavy (non-hydrogen) atoms. The van der Waals surface area contributed by atoms with Crippen LogP contribution in [-0.4, -0.2) is 13.7 Å². The summed E-state index contributed by atoms with van der Waals surface area (Å²) in [5, 5.41) is 0.674. The van der Waals surface area contributed by atoms with Gasteiger partial charge in [0.2, 0.25) is 0 Å². The van der Waals surface area contributed by atoms with Gasteiger partial charge in [0.25, 0.3) is 0 Å². The first-order chi connectivity index (χ1) is 6.70. The Bertz CT molecular complexity index is 510. The van der Waals surface area contributed by atoms with Crippen LogP contribution in [0.3, 0.4) is 0 Å². The van der Waals surface area contributed by atoms with Gasteiger partial charge >= 0.3 is 0 Å². The minimum atomic E-state index is -2.18. The van der Waals surface area contributed by atoms with E-state index in [1.165, 1.54) is 12.3 Å². The third-order valence-electron chi connectivity index (χ3n) is 1.89. The van der Waals surface area contributed by atoms with E-state index in [2.05, 4.69) is 4.98 Å². The second kappa shape index (κ2) is 3.43. The van der Waals surface area contributed by atoms with Crippen LogP contribution >= 0.6 is 0 Å². The fourth-order valence-electron chi connectivity index (χ4n) is 1.30. The lowest BCUT2D eigenvalue weighted by atomic mass is 10.2. The van der Waals surface area contributed by atoms with Crippen molar-refractivity contribution in [2.75, 3.05) is 0 Å². The second-order valence-electron chi connectivity index (χ2n) is 2.72. The number of fused-ring (bicyclic) bond motifs is 1. The van der Waals surface area contributed by atoms with E-state index >= 15 is 0 Å². The van der Waals surface area contributed by atoms with Crippen molar-refractivity contribution in [3.63, 3.8) is 0 Å². The Morgan fingerprint density at radius 3 is 2.86 bits per heavy atom. The molecule has 72 valence electrons. The first-order valence-corrected chi connectivity index (χ1v) is 4.94. The Labute approximate surface area is 81.9 Å². The zero-order chi connectivity index (χ0) is 10.1. The van der Waals surface area contributed by atoms with Gasteiger partial charge in [0, 0.05) is 17.0 Å². The molecule has 0 radical (unpaired) electrons. The van der Waals surface area contributed by atoms with Crippen molar-refractivity contribution in [3.05, 3.63) is 36.4 Å². The molecule has 5 heteroatoms. The van der Waals surface area contributed by atoms with Crippen molar-refractivity contribution >= 4 is 21.9 Å². The highest BCUT2D eigenvalue weighted by molar-refractivity contribution is 7.79. The van der Waals surface area contributed by atoms with Crippen molar-refractivity contribution in [1.29, 1.82) is 0 Å². The third kappa shape index (κ3) is 1.40. The van der Waals surface area contributed by atoms with E-state index in [0.29, 0.717) is 5.39 Å². The zero-order valence-electron chi connectivity index (χ0n) is 6.98. The third-order valence-corrected chi connectivity index (χ3v) is 2.60. The largest absolute Gasteiger partial charge is 0.302 e. The molecule has 0 amide bonds. The van der Waals surface area contributed by atoms with Gasteiger partial charge in [0.15, 0.2) is 16.9 Å². The molecular weight excluding hydrogens is 205 g/mol. The molecule has 0 aliphatic rings. The van der Waals surface area contributed by atoms with E-state index in [4.69, 9.17) is 4.55 Å². The van der Waals surface area contributed by atoms with Crippen LogP contribution in [0.5, 0.6) is 0 Å². The van der Waals surface area contributed by atoms with Crippen LogP contribution in [-0.2, 0) is 11.1 Å². The highest BCUT2D eigenvalue weighted by Crippen LogP contribution is 2.22. The Kier molecular flexibility index (Phi) is 2.26. The van der Waals surface area contributed by atoms with Crippen LogP contribution in [0.1, 0.15) is 0 Å². The van der Waals surface area contributed by atoms with Crippen molar-refractivity contribution < 1.29 is 13.2 Å². The lowest BCUT2D eigenvalue weighted by molar-refractivity contribution is 0.564. The Hall–Kier alpha value is -1.33. The maximum atomic E-state index is 13.3. The van der Waals surface area contributed by atoms with Gasteiger partial charge in [-0.1, -0.05) is 12.1 Å². The summed E-state index contributed by atoms with van der Waals surface area (Å²) in [5.41, 5.74) is 0. The molecule has 1 unspecified atom stereocenters. The first-order valence-electron chi connectivity index (χ1n) is 3.83. The molecule has 0 aliphatic heterocycles. The number of benzene rings is 1. The van der Waals surface area contributed by atoms with Gasteiger partial charge in [-0.3, -0.25) is 4.98 Å². The van der Waals surface area contributed by atoms with E-state index in [1.54, 1.807) is 12.1 Å². The lowest BCUT2D eigenvalue weighted by Crippen LogP contribution is -1.93. The van der Waals surface area contributed by atoms with E-state index in [1.807, 2.05) is 0 Å². The van der Waals surface area contributed by atoms with Crippen molar-refractivity contribution in [2.24, 2.45) is 0 Å². The maximum absolute atomic E-state index is 13.3. The minimum absolute atomic E-state index is 0.0717. The van der Waals surface area contributed by atoms with Crippen LogP contribution in [0, 0.1) is 5.82 Å². The fraction of sp³-hybridized carbons (Fsp3) is 0. The molecule has 1 N–H and O–H groups in total. The topological polar surface area (TPSA) is 50.2 Å². The molecule has 0 aliphatic carbocycles. The molecule has 1 atom stereocenters. The summed E-state index contributed by atoms with van der Waals surface area (Å²) >= 11 is -2.18. The molecule has 0 saturated carbocycles. The fourth-order valence-corrected chi connectivity index (χ4v) is 1.89. The van der Waals surface area contributed by atoms with Crippen molar-refractivity contribution in [2.45, 2.75) is 4.90 Å². The highest BCUT2D eigenvalue weighted by Gasteiger charge is 2.09. The van der Waals surface area contributed by atoms with E-state index in [-0.39, 0.29) is 10.3 Å². The van der Waals surface area contributed by atoms with Crippen LogP contribution in [0.2, 0.25) is 0 Å². The van der Waals surface area contributed by atoms with Crippen LogP contribution in [0.25, 0.3) is 10.8 Å². The molecule has 2 aromatic rings. The maximum Gasteiger partial charge on any atom is 0.187 e. The summed E-state index contributed by atoms with van der Waals surface area (Å²) in [7, 11) is 0. The molecule has 0 spiro atoms. The van der Waals surface area contributed by atoms with E-state index in [0.717, 1.165) is 6.20 Å². The van der Waals surface area contributed by atoms with Gasteiger partial charge in [-0.05, 0) is 6.07 Å². The van der Waals surface area contributed by atoms with Gasteiger partial charge in [0.05, 0.1) is 11.1 Å². The van der Waals surface area contributed by atoms with Crippen LogP contribution in [0.4, 0.5) is 4.39 Å². The zero-order valence-corrected chi connectivity index (χ0v) is 7.79. The number of hydrogen-bond donors (Lipinski definition) is 1. The standard InChI is InChI=1S/C9H6FNO2S/c10-7-5-11-4-6-2-1-3-8(9(6)7)14(12)13/h1-5H,(H,12,13). The number of rotatable bonds is 1. The number of aromatic nitrogens is 1. The van der Waals surface area contributed by atoms with Gasteiger partial charge in [-0.15, -0.1) is 0 Å². The quantitative estimate of drug-likeness (QED) is 0.733. The molecule has 1 aromatic carbocycles. The number of nitrogens with zero attached hydrogens (tertiary/aromatic N) is 1. The van der Waals surface area contributed by atoms with Crippen LogP contribution in [0.15, 0.2) is 35.5 Å². The normalized spacial score (nSPS) is 13.0. The Balaban J connectivity index is 2.91. The second-order valence-corrected chi connectivity index (χ2v) is 3.66. The molecule has 0 fully saturated rings. The predicted molar refractivity (Wildman–Crippen MR) is 50.7 cm³/mol. The molecule has 3 nitrogen and oxygen atoms in total. The summed E-state index contributed by atoms with van der Waals surface area (Å²) in [6.45, 7) is 0. The van der Waals surface area contributed by atoms with Crippen LogP contribution < -0.4 is 0 Å².